The molecule has 0 saturated carbocycles. The number of hydrogen-bond acceptors (Lipinski definition) is 2. The first-order valence-electron chi connectivity index (χ1n) is 5.16. The molecule has 2 nitrogen and oxygen atoms in total. The first kappa shape index (κ1) is 13.8. The smallest absolute Gasteiger partial charge is 0.185 e. The van der Waals surface area contributed by atoms with Crippen LogP contribution >= 0.6 is 15.9 Å². The molecule has 1 N–H and O–H groups in total. The molecule has 1 aromatic heterocycles. The molecule has 0 spiro atoms. The van der Waals surface area contributed by atoms with Gasteiger partial charge in [0.1, 0.15) is 5.69 Å². The molecule has 1 heterocycles. The standard InChI is InChI=1S/C12H7BrF4N2/c13-6-1-2-7(18-4-6)5-19-12-10(16)8(14)3-9(15)11(12)17/h1-4,19H,5H2. The normalized spacial score (nSPS) is 10.6. The monoisotopic (exact) mass is 334 g/mol. The van der Waals surface area contributed by atoms with Crippen LogP contribution in [0.3, 0.4) is 0 Å². The molecule has 0 aliphatic carbocycles. The third kappa shape index (κ3) is 3.04. The molecule has 7 heteroatoms. The largest absolute Gasteiger partial charge is 0.374 e. The zero-order valence-corrected chi connectivity index (χ0v) is 10.9. The molecule has 0 bridgehead atoms. The summed E-state index contributed by atoms with van der Waals surface area (Å²) in [5.41, 5.74) is -0.381. The number of aromatic nitrogens is 1. The Morgan fingerprint density at radius 3 is 2.21 bits per heavy atom. The fourth-order valence-corrected chi connectivity index (χ4v) is 1.65. The van der Waals surface area contributed by atoms with Gasteiger partial charge in [-0.1, -0.05) is 0 Å². The maximum atomic E-state index is 13.3. The molecule has 2 aromatic rings. The third-order valence-electron chi connectivity index (χ3n) is 2.35. The van der Waals surface area contributed by atoms with Crippen molar-refractivity contribution in [3.05, 3.63) is 57.8 Å². The van der Waals surface area contributed by atoms with Gasteiger partial charge < -0.3 is 5.32 Å². The summed E-state index contributed by atoms with van der Waals surface area (Å²) in [5, 5.41) is 2.29. The lowest BCUT2D eigenvalue weighted by molar-refractivity contribution is 0.458. The van der Waals surface area contributed by atoms with E-state index < -0.39 is 29.0 Å². The second kappa shape index (κ2) is 5.56. The zero-order valence-electron chi connectivity index (χ0n) is 9.35. The summed E-state index contributed by atoms with van der Waals surface area (Å²) < 4.78 is 53.3. The summed E-state index contributed by atoms with van der Waals surface area (Å²) in [4.78, 5) is 3.96. The van der Waals surface area contributed by atoms with E-state index in [1.165, 1.54) is 6.20 Å². The Hall–Kier alpha value is -1.63. The summed E-state index contributed by atoms with van der Waals surface area (Å²) in [5.74, 6) is -5.83. The van der Waals surface area contributed by atoms with Crippen LogP contribution in [-0.2, 0) is 6.54 Å². The van der Waals surface area contributed by atoms with Crippen molar-refractivity contribution in [3.63, 3.8) is 0 Å². The van der Waals surface area contributed by atoms with Gasteiger partial charge in [-0.15, -0.1) is 0 Å². The SMILES string of the molecule is Fc1cc(F)c(F)c(NCc2ccc(Br)cn2)c1F. The molecule has 1 aromatic carbocycles. The van der Waals surface area contributed by atoms with Gasteiger partial charge in [0.25, 0.3) is 0 Å². The molecular formula is C12H7BrF4N2. The van der Waals surface area contributed by atoms with Gasteiger partial charge in [-0.3, -0.25) is 4.98 Å². The van der Waals surface area contributed by atoms with Crippen LogP contribution in [0.5, 0.6) is 0 Å². The van der Waals surface area contributed by atoms with Gasteiger partial charge in [0, 0.05) is 16.7 Å². The number of rotatable bonds is 3. The van der Waals surface area contributed by atoms with Crippen LogP contribution in [0.15, 0.2) is 28.9 Å². The van der Waals surface area contributed by atoms with Crippen molar-refractivity contribution in [1.82, 2.24) is 4.98 Å². The number of hydrogen-bond donors (Lipinski definition) is 1. The lowest BCUT2D eigenvalue weighted by atomic mass is 10.2. The second-order valence-corrected chi connectivity index (χ2v) is 4.58. The van der Waals surface area contributed by atoms with E-state index in [9.17, 15) is 17.6 Å². The number of halogens is 5. The molecule has 0 aliphatic heterocycles. The van der Waals surface area contributed by atoms with E-state index in [0.29, 0.717) is 5.69 Å². The highest BCUT2D eigenvalue weighted by Gasteiger charge is 2.18. The number of nitrogens with zero attached hydrogens (tertiary/aromatic N) is 1. The van der Waals surface area contributed by atoms with Crippen LogP contribution in [-0.4, -0.2) is 4.98 Å². The Kier molecular flexibility index (Phi) is 4.04. The average molecular weight is 335 g/mol. The van der Waals surface area contributed by atoms with Crippen LogP contribution < -0.4 is 5.32 Å². The molecule has 0 atom stereocenters. The number of nitrogens with one attached hydrogen (secondary N) is 1. The molecular weight excluding hydrogens is 328 g/mol. The third-order valence-corrected chi connectivity index (χ3v) is 2.82. The van der Waals surface area contributed by atoms with Crippen molar-refractivity contribution in [2.75, 3.05) is 5.32 Å². The number of benzene rings is 1. The Morgan fingerprint density at radius 1 is 1.05 bits per heavy atom. The minimum absolute atomic E-state index is 0.0655. The molecule has 0 amide bonds. The fourth-order valence-electron chi connectivity index (χ4n) is 1.42. The first-order valence-corrected chi connectivity index (χ1v) is 5.95. The highest BCUT2D eigenvalue weighted by molar-refractivity contribution is 9.10. The van der Waals surface area contributed by atoms with Gasteiger partial charge in [-0.05, 0) is 28.1 Å². The van der Waals surface area contributed by atoms with E-state index in [1.54, 1.807) is 12.1 Å². The van der Waals surface area contributed by atoms with Crippen molar-refractivity contribution in [2.24, 2.45) is 0 Å². The van der Waals surface area contributed by atoms with Crippen LogP contribution in [0.2, 0.25) is 0 Å². The van der Waals surface area contributed by atoms with Crippen molar-refractivity contribution in [3.8, 4) is 0 Å². The molecule has 100 valence electrons. The molecule has 19 heavy (non-hydrogen) atoms. The highest BCUT2D eigenvalue weighted by atomic mass is 79.9. The molecule has 0 radical (unpaired) electrons. The maximum absolute atomic E-state index is 13.3. The molecule has 0 aliphatic rings. The molecule has 2 rings (SSSR count). The van der Waals surface area contributed by atoms with Gasteiger partial charge in [-0.25, -0.2) is 17.6 Å². The van der Waals surface area contributed by atoms with E-state index in [-0.39, 0.29) is 12.6 Å². The maximum Gasteiger partial charge on any atom is 0.185 e. The fraction of sp³-hybridized carbons (Fsp3) is 0.0833. The van der Waals surface area contributed by atoms with Crippen LogP contribution in [0.25, 0.3) is 0 Å². The van der Waals surface area contributed by atoms with E-state index in [0.717, 1.165) is 4.47 Å². The van der Waals surface area contributed by atoms with Crippen molar-refractivity contribution >= 4 is 21.6 Å². The zero-order chi connectivity index (χ0) is 14.0. The van der Waals surface area contributed by atoms with Gasteiger partial charge in [0.05, 0.1) is 12.2 Å². The Bertz CT molecular complexity index is 575. The van der Waals surface area contributed by atoms with E-state index in [4.69, 9.17) is 0 Å². The van der Waals surface area contributed by atoms with E-state index in [2.05, 4.69) is 26.2 Å². The lowest BCUT2D eigenvalue weighted by Gasteiger charge is -2.09. The second-order valence-electron chi connectivity index (χ2n) is 3.66. The van der Waals surface area contributed by atoms with Crippen molar-refractivity contribution < 1.29 is 17.6 Å². The Morgan fingerprint density at radius 2 is 1.68 bits per heavy atom. The minimum Gasteiger partial charge on any atom is -0.374 e. The summed E-state index contributed by atoms with van der Waals surface area (Å²) in [7, 11) is 0. The molecule has 0 unspecified atom stereocenters. The summed E-state index contributed by atoms with van der Waals surface area (Å²) in [6.45, 7) is -0.0655. The summed E-state index contributed by atoms with van der Waals surface area (Å²) in [6.07, 6.45) is 1.50. The van der Waals surface area contributed by atoms with Crippen LogP contribution in [0, 0.1) is 23.3 Å². The number of pyridine rings is 1. The summed E-state index contributed by atoms with van der Waals surface area (Å²) in [6, 6.07) is 3.44. The van der Waals surface area contributed by atoms with Gasteiger partial charge in [-0.2, -0.15) is 0 Å². The Balaban J connectivity index is 2.22. The topological polar surface area (TPSA) is 24.9 Å². The highest BCUT2D eigenvalue weighted by Crippen LogP contribution is 2.24. The van der Waals surface area contributed by atoms with E-state index in [1.807, 2.05) is 0 Å². The van der Waals surface area contributed by atoms with Crippen molar-refractivity contribution in [1.29, 1.82) is 0 Å². The summed E-state index contributed by atoms with van der Waals surface area (Å²) >= 11 is 3.18. The quantitative estimate of drug-likeness (QED) is 0.677. The first-order chi connectivity index (χ1) is 8.99. The van der Waals surface area contributed by atoms with Crippen LogP contribution in [0.1, 0.15) is 5.69 Å². The van der Waals surface area contributed by atoms with Gasteiger partial charge in [0.2, 0.25) is 0 Å². The van der Waals surface area contributed by atoms with Crippen LogP contribution in [0.4, 0.5) is 23.2 Å². The number of anilines is 1. The minimum atomic E-state index is -1.46. The lowest BCUT2D eigenvalue weighted by Crippen LogP contribution is -2.08. The average Bonchev–Trinajstić information content (AvgIpc) is 2.38. The molecule has 0 fully saturated rings. The van der Waals surface area contributed by atoms with Crippen molar-refractivity contribution in [2.45, 2.75) is 6.54 Å². The predicted octanol–water partition coefficient (Wildman–Crippen LogP) is 4.01. The molecule has 0 saturated heterocycles. The van der Waals surface area contributed by atoms with Gasteiger partial charge in [0.15, 0.2) is 23.3 Å². The predicted molar refractivity (Wildman–Crippen MR) is 65.5 cm³/mol. The van der Waals surface area contributed by atoms with E-state index >= 15 is 0 Å². The van der Waals surface area contributed by atoms with Gasteiger partial charge >= 0.3 is 0 Å². The Labute approximate surface area is 114 Å².